The van der Waals surface area contributed by atoms with E-state index in [1.165, 1.54) is 17.7 Å². The molecule has 1 aliphatic heterocycles. The van der Waals surface area contributed by atoms with Crippen LogP contribution in [-0.2, 0) is 6.42 Å². The van der Waals surface area contributed by atoms with E-state index in [2.05, 4.69) is 23.3 Å². The van der Waals surface area contributed by atoms with Crippen molar-refractivity contribution < 1.29 is 4.79 Å². The van der Waals surface area contributed by atoms with E-state index in [-0.39, 0.29) is 5.91 Å². The van der Waals surface area contributed by atoms with Crippen LogP contribution in [0.4, 0.5) is 5.69 Å². The Bertz CT molecular complexity index is 401. The highest BCUT2D eigenvalue weighted by Gasteiger charge is 2.15. The van der Waals surface area contributed by atoms with Gasteiger partial charge in [-0.25, -0.2) is 0 Å². The predicted octanol–water partition coefficient (Wildman–Crippen LogP) is 1.82. The van der Waals surface area contributed by atoms with Crippen molar-refractivity contribution in [2.24, 2.45) is 0 Å². The monoisotopic (exact) mass is 218 g/mol. The van der Waals surface area contributed by atoms with Crippen LogP contribution >= 0.6 is 0 Å². The normalized spacial score (nSPS) is 14.5. The number of hydrogen-bond donors (Lipinski definition) is 1. The smallest absolute Gasteiger partial charge is 0.251 e. The zero-order valence-electron chi connectivity index (χ0n) is 9.92. The molecule has 0 radical (unpaired) electrons. The summed E-state index contributed by atoms with van der Waals surface area (Å²) in [6.45, 7) is 3.72. The van der Waals surface area contributed by atoms with Gasteiger partial charge >= 0.3 is 0 Å². The van der Waals surface area contributed by atoms with Crippen molar-refractivity contribution in [3.05, 3.63) is 29.3 Å². The largest absolute Gasteiger partial charge is 0.374 e. The molecule has 1 aromatic rings. The lowest BCUT2D eigenvalue weighted by Crippen LogP contribution is -2.26. The van der Waals surface area contributed by atoms with Gasteiger partial charge in [0.2, 0.25) is 0 Å². The van der Waals surface area contributed by atoms with Gasteiger partial charge in [-0.05, 0) is 43.5 Å². The molecule has 0 aromatic heterocycles. The summed E-state index contributed by atoms with van der Waals surface area (Å²) in [4.78, 5) is 13.9. The molecular formula is C13H18N2O. The molecule has 86 valence electrons. The average molecular weight is 218 g/mol. The van der Waals surface area contributed by atoms with E-state index in [0.29, 0.717) is 6.54 Å². The Labute approximate surface area is 96.5 Å². The van der Waals surface area contributed by atoms with Gasteiger partial charge in [0.1, 0.15) is 0 Å². The van der Waals surface area contributed by atoms with Crippen LogP contribution in [0.1, 0.15) is 29.3 Å². The molecule has 3 nitrogen and oxygen atoms in total. The first-order valence-electron chi connectivity index (χ1n) is 5.84. The van der Waals surface area contributed by atoms with E-state index >= 15 is 0 Å². The Morgan fingerprint density at radius 1 is 1.50 bits per heavy atom. The van der Waals surface area contributed by atoms with Gasteiger partial charge in [0, 0.05) is 31.4 Å². The van der Waals surface area contributed by atoms with Crippen LogP contribution in [0, 0.1) is 0 Å². The molecule has 1 aliphatic rings. The number of rotatable bonds is 2. The number of fused-ring (bicyclic) bond motifs is 1. The van der Waals surface area contributed by atoms with Gasteiger partial charge in [0.15, 0.2) is 0 Å². The minimum Gasteiger partial charge on any atom is -0.374 e. The second-order valence-corrected chi connectivity index (χ2v) is 4.23. The summed E-state index contributed by atoms with van der Waals surface area (Å²) in [7, 11) is 2.10. The zero-order valence-corrected chi connectivity index (χ0v) is 9.92. The van der Waals surface area contributed by atoms with Crippen molar-refractivity contribution in [3.63, 3.8) is 0 Å². The van der Waals surface area contributed by atoms with E-state index in [1.807, 2.05) is 19.1 Å². The van der Waals surface area contributed by atoms with Crippen LogP contribution in [0.25, 0.3) is 0 Å². The summed E-state index contributed by atoms with van der Waals surface area (Å²) in [5.74, 6) is 0.0264. The van der Waals surface area contributed by atoms with Crippen LogP contribution in [0.3, 0.4) is 0 Å². The minimum atomic E-state index is 0.0264. The van der Waals surface area contributed by atoms with Crippen molar-refractivity contribution in [2.75, 3.05) is 25.0 Å². The number of amides is 1. The minimum absolute atomic E-state index is 0.0264. The van der Waals surface area contributed by atoms with Gasteiger partial charge in [-0.3, -0.25) is 4.79 Å². The maximum absolute atomic E-state index is 11.7. The third kappa shape index (κ3) is 2.03. The molecule has 1 amide bonds. The first-order chi connectivity index (χ1) is 7.72. The van der Waals surface area contributed by atoms with Gasteiger partial charge in [0.25, 0.3) is 5.91 Å². The fraction of sp³-hybridized carbons (Fsp3) is 0.462. The molecule has 0 saturated carbocycles. The summed E-state index contributed by atoms with van der Waals surface area (Å²) >= 11 is 0. The van der Waals surface area contributed by atoms with Crippen LogP contribution < -0.4 is 10.2 Å². The Morgan fingerprint density at radius 2 is 2.31 bits per heavy atom. The second-order valence-electron chi connectivity index (χ2n) is 4.23. The van der Waals surface area contributed by atoms with Crippen molar-refractivity contribution in [3.8, 4) is 0 Å². The molecule has 16 heavy (non-hydrogen) atoms. The number of hydrogen-bond acceptors (Lipinski definition) is 2. The molecule has 1 N–H and O–H groups in total. The van der Waals surface area contributed by atoms with E-state index in [4.69, 9.17) is 0 Å². The fourth-order valence-electron chi connectivity index (χ4n) is 2.19. The molecule has 0 aliphatic carbocycles. The summed E-state index contributed by atoms with van der Waals surface area (Å²) in [5, 5.41) is 2.83. The lowest BCUT2D eigenvalue weighted by molar-refractivity contribution is 0.0955. The van der Waals surface area contributed by atoms with Crippen molar-refractivity contribution in [2.45, 2.75) is 19.8 Å². The van der Waals surface area contributed by atoms with Gasteiger partial charge in [-0.15, -0.1) is 0 Å². The number of nitrogens with zero attached hydrogens (tertiary/aromatic N) is 1. The first-order valence-corrected chi connectivity index (χ1v) is 5.84. The third-order valence-electron chi connectivity index (χ3n) is 3.03. The topological polar surface area (TPSA) is 32.3 Å². The maximum Gasteiger partial charge on any atom is 0.251 e. The molecule has 0 spiro atoms. The fourth-order valence-corrected chi connectivity index (χ4v) is 2.19. The maximum atomic E-state index is 11.7. The van der Waals surface area contributed by atoms with Crippen molar-refractivity contribution in [1.29, 1.82) is 0 Å². The molecule has 3 heteroatoms. The summed E-state index contributed by atoms with van der Waals surface area (Å²) in [6.07, 6.45) is 2.25. The Balaban J connectivity index is 2.28. The number of anilines is 1. The Hall–Kier alpha value is -1.51. The quantitative estimate of drug-likeness (QED) is 0.821. The summed E-state index contributed by atoms with van der Waals surface area (Å²) in [6, 6.07) is 5.99. The van der Waals surface area contributed by atoms with E-state index in [1.54, 1.807) is 0 Å². The lowest BCUT2D eigenvalue weighted by atomic mass is 9.99. The predicted molar refractivity (Wildman–Crippen MR) is 66.0 cm³/mol. The standard InChI is InChI=1S/C13H18N2O/c1-3-14-13(16)11-6-7-12-10(9-11)5-4-8-15(12)2/h6-7,9H,3-5,8H2,1-2H3,(H,14,16). The van der Waals surface area contributed by atoms with Crippen LogP contribution in [0.2, 0.25) is 0 Å². The van der Waals surface area contributed by atoms with Gasteiger partial charge in [-0.2, -0.15) is 0 Å². The highest BCUT2D eigenvalue weighted by Crippen LogP contribution is 2.26. The first kappa shape index (κ1) is 11.0. The molecule has 0 fully saturated rings. The SMILES string of the molecule is CCNC(=O)c1ccc2c(c1)CCCN2C. The van der Waals surface area contributed by atoms with Gasteiger partial charge < -0.3 is 10.2 Å². The molecular weight excluding hydrogens is 200 g/mol. The van der Waals surface area contributed by atoms with E-state index in [9.17, 15) is 4.79 Å². The number of carbonyl (C=O) groups excluding carboxylic acids is 1. The van der Waals surface area contributed by atoms with Crippen molar-refractivity contribution >= 4 is 11.6 Å². The second kappa shape index (κ2) is 4.56. The van der Waals surface area contributed by atoms with Gasteiger partial charge in [0.05, 0.1) is 0 Å². The Kier molecular flexibility index (Phi) is 3.13. The molecule has 1 heterocycles. The lowest BCUT2D eigenvalue weighted by Gasteiger charge is -2.27. The van der Waals surface area contributed by atoms with E-state index in [0.717, 1.165) is 18.5 Å². The summed E-state index contributed by atoms with van der Waals surface area (Å²) in [5.41, 5.74) is 3.33. The molecule has 0 unspecified atom stereocenters. The zero-order chi connectivity index (χ0) is 11.5. The molecule has 0 saturated heterocycles. The van der Waals surface area contributed by atoms with Crippen molar-refractivity contribution in [1.82, 2.24) is 5.32 Å². The van der Waals surface area contributed by atoms with Crippen LogP contribution in [-0.4, -0.2) is 26.0 Å². The average Bonchev–Trinajstić information content (AvgIpc) is 2.29. The number of nitrogens with one attached hydrogen (secondary N) is 1. The van der Waals surface area contributed by atoms with E-state index < -0.39 is 0 Å². The highest BCUT2D eigenvalue weighted by molar-refractivity contribution is 5.94. The molecule has 2 rings (SSSR count). The van der Waals surface area contributed by atoms with Crippen LogP contribution in [0.5, 0.6) is 0 Å². The number of carbonyl (C=O) groups is 1. The van der Waals surface area contributed by atoms with Crippen LogP contribution in [0.15, 0.2) is 18.2 Å². The molecule has 1 aromatic carbocycles. The third-order valence-corrected chi connectivity index (χ3v) is 3.03. The molecule has 0 atom stereocenters. The Morgan fingerprint density at radius 3 is 3.06 bits per heavy atom. The highest BCUT2D eigenvalue weighted by atomic mass is 16.1. The number of aryl methyl sites for hydroxylation is 1. The van der Waals surface area contributed by atoms with Gasteiger partial charge in [-0.1, -0.05) is 0 Å². The number of benzene rings is 1. The molecule has 0 bridgehead atoms. The summed E-state index contributed by atoms with van der Waals surface area (Å²) < 4.78 is 0.